The highest BCUT2D eigenvalue weighted by Crippen LogP contribution is 2.23. The van der Waals surface area contributed by atoms with Crippen molar-refractivity contribution in [3.63, 3.8) is 0 Å². The fourth-order valence-corrected chi connectivity index (χ4v) is 3.33. The second kappa shape index (κ2) is 7.74. The van der Waals surface area contributed by atoms with Crippen LogP contribution >= 0.6 is 0 Å². The zero-order valence-electron chi connectivity index (χ0n) is 14.9. The maximum atomic E-state index is 12.8. The number of nitrogens with one attached hydrogen (secondary N) is 1. The number of hydrogen-bond acceptors (Lipinski definition) is 4. The molecule has 1 aromatic carbocycles. The Hall–Kier alpha value is -2.27. The number of hydrogen-bond donors (Lipinski definition) is 2. The number of rotatable bonds is 5. The van der Waals surface area contributed by atoms with Gasteiger partial charge in [-0.05, 0) is 62.9 Å². The summed E-state index contributed by atoms with van der Waals surface area (Å²) in [6, 6.07) is 11.5. The van der Waals surface area contributed by atoms with E-state index in [-0.39, 0.29) is 24.5 Å². The van der Waals surface area contributed by atoms with Crippen LogP contribution in [-0.4, -0.2) is 35.6 Å². The molecule has 0 radical (unpaired) electrons. The molecule has 0 saturated carbocycles. The smallest absolute Gasteiger partial charge is 0.253 e. The molecule has 2 aromatic rings. The lowest BCUT2D eigenvalue weighted by molar-refractivity contribution is 0.0621. The number of carbonyl (C=O) groups is 1. The number of aliphatic hydroxyl groups excluding tert-OH is 1. The molecule has 5 heteroatoms. The highest BCUT2D eigenvalue weighted by molar-refractivity contribution is 5.95. The topological polar surface area (TPSA) is 65.7 Å². The monoisotopic (exact) mass is 342 g/mol. The van der Waals surface area contributed by atoms with Gasteiger partial charge in [0.05, 0.1) is 6.04 Å². The van der Waals surface area contributed by atoms with E-state index in [1.165, 1.54) is 0 Å². The third-order valence-corrected chi connectivity index (χ3v) is 4.75. The van der Waals surface area contributed by atoms with Crippen molar-refractivity contribution in [1.82, 2.24) is 4.90 Å². The fourth-order valence-electron chi connectivity index (χ4n) is 3.33. The lowest BCUT2D eigenvalue weighted by Gasteiger charge is -2.32. The first-order chi connectivity index (χ1) is 12.1. The number of aryl methyl sites for hydroxylation is 1. The Bertz CT molecular complexity index is 725. The molecular weight excluding hydrogens is 316 g/mol. The number of piperidine rings is 1. The summed E-state index contributed by atoms with van der Waals surface area (Å²) in [6.07, 6.45) is 1.94. The van der Waals surface area contributed by atoms with Crippen LogP contribution in [0.3, 0.4) is 0 Å². The molecule has 1 fully saturated rings. The minimum Gasteiger partial charge on any atom is -0.464 e. The molecule has 1 aliphatic heterocycles. The first kappa shape index (κ1) is 17.5. The third kappa shape index (κ3) is 4.23. The number of likely N-dealkylation sites (tertiary alicyclic amines) is 1. The minimum absolute atomic E-state index is 0.0211. The van der Waals surface area contributed by atoms with Crippen LogP contribution in [0.15, 0.2) is 40.8 Å². The molecule has 2 N–H and O–H groups in total. The molecule has 25 heavy (non-hydrogen) atoms. The number of aliphatic hydroxyl groups is 1. The van der Waals surface area contributed by atoms with E-state index in [1.807, 2.05) is 55.1 Å². The van der Waals surface area contributed by atoms with E-state index in [1.54, 1.807) is 0 Å². The first-order valence-corrected chi connectivity index (χ1v) is 8.90. The van der Waals surface area contributed by atoms with Gasteiger partial charge in [-0.3, -0.25) is 4.79 Å². The fraction of sp³-hybridized carbons (Fsp3) is 0.450. The highest BCUT2D eigenvalue weighted by atomic mass is 16.3. The largest absolute Gasteiger partial charge is 0.464 e. The van der Waals surface area contributed by atoms with Gasteiger partial charge in [-0.15, -0.1) is 0 Å². The predicted octanol–water partition coefficient (Wildman–Crippen LogP) is 3.61. The van der Waals surface area contributed by atoms with E-state index in [9.17, 15) is 9.90 Å². The highest BCUT2D eigenvalue weighted by Gasteiger charge is 2.24. The summed E-state index contributed by atoms with van der Waals surface area (Å²) < 4.78 is 5.65. The van der Waals surface area contributed by atoms with Gasteiger partial charge in [-0.2, -0.15) is 0 Å². The van der Waals surface area contributed by atoms with Gasteiger partial charge in [0.15, 0.2) is 0 Å². The number of benzene rings is 1. The normalized spacial score (nSPS) is 18.8. The van der Waals surface area contributed by atoms with Crippen LogP contribution in [0.4, 0.5) is 5.69 Å². The Morgan fingerprint density at radius 1 is 1.40 bits per heavy atom. The maximum absolute atomic E-state index is 12.8. The molecule has 0 spiro atoms. The lowest BCUT2D eigenvalue weighted by Crippen LogP contribution is -2.40. The summed E-state index contributed by atoms with van der Waals surface area (Å²) in [4.78, 5) is 14.6. The van der Waals surface area contributed by atoms with Crippen LogP contribution in [0.1, 0.15) is 47.7 Å². The van der Waals surface area contributed by atoms with E-state index in [0.717, 1.165) is 36.6 Å². The summed E-state index contributed by atoms with van der Waals surface area (Å²) in [5.74, 6) is 1.98. The number of furan rings is 1. The zero-order chi connectivity index (χ0) is 17.8. The quantitative estimate of drug-likeness (QED) is 0.871. The van der Waals surface area contributed by atoms with Crippen LogP contribution in [0, 0.1) is 12.8 Å². The van der Waals surface area contributed by atoms with Crippen molar-refractivity contribution < 1.29 is 14.3 Å². The lowest BCUT2D eigenvalue weighted by atomic mass is 9.98. The van der Waals surface area contributed by atoms with Gasteiger partial charge in [0.1, 0.15) is 11.5 Å². The molecule has 2 unspecified atom stereocenters. The SMILES string of the molecule is Cc1ccc(C(C)Nc2cccc(C(=O)N3CCCC(CO)C3)c2)o1. The molecule has 1 amide bonds. The maximum Gasteiger partial charge on any atom is 0.253 e. The van der Waals surface area contributed by atoms with Crippen LogP contribution in [0.2, 0.25) is 0 Å². The summed E-state index contributed by atoms with van der Waals surface area (Å²) in [5, 5.41) is 12.7. The van der Waals surface area contributed by atoms with Crippen molar-refractivity contribution >= 4 is 11.6 Å². The molecule has 0 bridgehead atoms. The molecule has 5 nitrogen and oxygen atoms in total. The van der Waals surface area contributed by atoms with Gasteiger partial charge in [0.25, 0.3) is 5.91 Å². The summed E-state index contributed by atoms with van der Waals surface area (Å²) in [6.45, 7) is 5.49. The van der Waals surface area contributed by atoms with E-state index in [0.29, 0.717) is 12.1 Å². The Labute approximate surface area is 148 Å². The standard InChI is InChI=1S/C20H26N2O3/c1-14-8-9-19(25-14)15(2)21-18-7-3-6-17(11-18)20(24)22-10-4-5-16(12-22)13-23/h3,6-9,11,15-16,21,23H,4-5,10,12-13H2,1-2H3. The number of amides is 1. The van der Waals surface area contributed by atoms with Crippen LogP contribution in [0.25, 0.3) is 0 Å². The third-order valence-electron chi connectivity index (χ3n) is 4.75. The molecule has 1 aliphatic rings. The molecule has 2 heterocycles. The summed E-state index contributed by atoms with van der Waals surface area (Å²) >= 11 is 0. The molecule has 134 valence electrons. The molecule has 3 rings (SSSR count). The molecule has 2 atom stereocenters. The molecule has 1 saturated heterocycles. The van der Waals surface area contributed by atoms with E-state index in [4.69, 9.17) is 4.42 Å². The average Bonchev–Trinajstić information content (AvgIpc) is 3.08. The van der Waals surface area contributed by atoms with Crippen molar-refractivity contribution in [1.29, 1.82) is 0 Å². The zero-order valence-corrected chi connectivity index (χ0v) is 14.9. The predicted molar refractivity (Wildman–Crippen MR) is 97.6 cm³/mol. The number of anilines is 1. The first-order valence-electron chi connectivity index (χ1n) is 8.90. The number of carbonyl (C=O) groups excluding carboxylic acids is 1. The Morgan fingerprint density at radius 3 is 2.96 bits per heavy atom. The Kier molecular flexibility index (Phi) is 5.43. The van der Waals surface area contributed by atoms with Gasteiger partial charge in [0, 0.05) is 30.9 Å². The minimum atomic E-state index is 0.0211. The van der Waals surface area contributed by atoms with E-state index in [2.05, 4.69) is 5.32 Å². The van der Waals surface area contributed by atoms with Gasteiger partial charge in [0.2, 0.25) is 0 Å². The second-order valence-corrected chi connectivity index (χ2v) is 6.84. The van der Waals surface area contributed by atoms with Crippen LogP contribution < -0.4 is 5.32 Å². The average molecular weight is 342 g/mol. The van der Waals surface area contributed by atoms with Gasteiger partial charge in [-0.25, -0.2) is 0 Å². The van der Waals surface area contributed by atoms with Crippen LogP contribution in [-0.2, 0) is 0 Å². The summed E-state index contributed by atoms with van der Waals surface area (Å²) in [7, 11) is 0. The van der Waals surface area contributed by atoms with Crippen LogP contribution in [0.5, 0.6) is 0 Å². The Balaban J connectivity index is 1.69. The van der Waals surface area contributed by atoms with Crippen molar-refractivity contribution in [2.75, 3.05) is 25.0 Å². The van der Waals surface area contributed by atoms with E-state index < -0.39 is 0 Å². The van der Waals surface area contributed by atoms with Gasteiger partial charge >= 0.3 is 0 Å². The van der Waals surface area contributed by atoms with Crippen molar-refractivity contribution in [2.24, 2.45) is 5.92 Å². The van der Waals surface area contributed by atoms with Crippen molar-refractivity contribution in [3.8, 4) is 0 Å². The van der Waals surface area contributed by atoms with Gasteiger partial charge < -0.3 is 19.7 Å². The Morgan fingerprint density at radius 2 is 2.24 bits per heavy atom. The number of nitrogens with zero attached hydrogens (tertiary/aromatic N) is 1. The molecular formula is C20H26N2O3. The second-order valence-electron chi connectivity index (χ2n) is 6.84. The van der Waals surface area contributed by atoms with Gasteiger partial charge in [-0.1, -0.05) is 6.07 Å². The summed E-state index contributed by atoms with van der Waals surface area (Å²) in [5.41, 5.74) is 1.56. The van der Waals surface area contributed by atoms with Crippen molar-refractivity contribution in [2.45, 2.75) is 32.7 Å². The molecule has 0 aliphatic carbocycles. The van der Waals surface area contributed by atoms with Crippen molar-refractivity contribution in [3.05, 3.63) is 53.5 Å². The van der Waals surface area contributed by atoms with E-state index >= 15 is 0 Å². The molecule has 1 aromatic heterocycles.